The normalized spacial score (nSPS) is 30.7. The Morgan fingerprint density at radius 1 is 1.31 bits per heavy atom. The molecule has 1 heterocycles. The van der Waals surface area contributed by atoms with E-state index in [4.69, 9.17) is 5.73 Å². The van der Waals surface area contributed by atoms with Crippen LogP contribution < -0.4 is 5.73 Å². The Morgan fingerprint density at radius 3 is 2.69 bits per heavy atom. The van der Waals surface area contributed by atoms with E-state index in [0.29, 0.717) is 12.0 Å². The number of hydrogen-bond acceptors (Lipinski definition) is 3. The highest BCUT2D eigenvalue weighted by molar-refractivity contribution is 5.05. The van der Waals surface area contributed by atoms with Crippen LogP contribution >= 0.6 is 0 Å². The molecule has 0 bridgehead atoms. The first-order valence-corrected chi connectivity index (χ1v) is 6.59. The summed E-state index contributed by atoms with van der Waals surface area (Å²) < 4.78 is 0. The molecular weight excluding hydrogens is 198 g/mol. The van der Waals surface area contributed by atoms with Crippen molar-refractivity contribution in [2.24, 2.45) is 11.7 Å². The van der Waals surface area contributed by atoms with Gasteiger partial charge < -0.3 is 15.5 Å². The Balaban J connectivity index is 1.60. The first-order valence-electron chi connectivity index (χ1n) is 6.59. The summed E-state index contributed by atoms with van der Waals surface area (Å²) in [7, 11) is 2.23. The van der Waals surface area contributed by atoms with Gasteiger partial charge in [-0.2, -0.15) is 0 Å². The second kappa shape index (κ2) is 5.80. The molecule has 2 aliphatic rings. The van der Waals surface area contributed by atoms with E-state index in [9.17, 15) is 0 Å². The van der Waals surface area contributed by atoms with Gasteiger partial charge in [0.25, 0.3) is 0 Å². The summed E-state index contributed by atoms with van der Waals surface area (Å²) in [4.78, 5) is 5.03. The molecule has 1 aliphatic heterocycles. The number of nitrogens with zero attached hydrogens (tertiary/aromatic N) is 2. The van der Waals surface area contributed by atoms with Crippen molar-refractivity contribution in [2.75, 3.05) is 39.8 Å². The Labute approximate surface area is 99.3 Å². The van der Waals surface area contributed by atoms with Gasteiger partial charge in [0.1, 0.15) is 0 Å². The first kappa shape index (κ1) is 12.1. The van der Waals surface area contributed by atoms with Crippen LogP contribution in [0.25, 0.3) is 0 Å². The molecule has 2 atom stereocenters. The van der Waals surface area contributed by atoms with Crippen LogP contribution in [-0.4, -0.2) is 55.6 Å². The molecule has 0 aromatic rings. The molecule has 1 aliphatic carbocycles. The van der Waals surface area contributed by atoms with Gasteiger partial charge in [-0.25, -0.2) is 0 Å². The fourth-order valence-corrected chi connectivity index (χ4v) is 2.75. The smallest absolute Gasteiger partial charge is 0.0229 e. The second-order valence-corrected chi connectivity index (χ2v) is 5.36. The van der Waals surface area contributed by atoms with Gasteiger partial charge in [-0.05, 0) is 45.3 Å². The summed E-state index contributed by atoms with van der Waals surface area (Å²) in [6.45, 7) is 6.21. The molecular formula is C13H25N3. The van der Waals surface area contributed by atoms with Crippen molar-refractivity contribution in [1.29, 1.82) is 0 Å². The maximum Gasteiger partial charge on any atom is 0.0229 e. The highest BCUT2D eigenvalue weighted by Crippen LogP contribution is 2.17. The van der Waals surface area contributed by atoms with E-state index in [1.807, 2.05) is 0 Å². The molecule has 1 saturated heterocycles. The number of hydrogen-bond donors (Lipinski definition) is 1. The van der Waals surface area contributed by atoms with Crippen LogP contribution in [0.2, 0.25) is 0 Å². The third kappa shape index (κ3) is 3.58. The predicted octanol–water partition coefficient (Wildman–Crippen LogP) is 0.917. The lowest BCUT2D eigenvalue weighted by atomic mass is 10.1. The number of likely N-dealkylation sites (N-methyl/N-ethyl adjacent to an activating group) is 1. The summed E-state index contributed by atoms with van der Waals surface area (Å²) in [5.74, 6) is 0.679. The van der Waals surface area contributed by atoms with Crippen molar-refractivity contribution in [3.8, 4) is 0 Å². The molecule has 2 unspecified atom stereocenters. The Kier molecular flexibility index (Phi) is 4.38. The molecule has 3 heteroatoms. The lowest BCUT2D eigenvalue weighted by molar-refractivity contribution is 0.240. The minimum absolute atomic E-state index is 0.303. The van der Waals surface area contributed by atoms with Crippen molar-refractivity contribution >= 4 is 0 Å². The Bertz CT molecular complexity index is 233. The van der Waals surface area contributed by atoms with Crippen molar-refractivity contribution in [3.05, 3.63) is 12.2 Å². The minimum atomic E-state index is 0.303. The molecule has 16 heavy (non-hydrogen) atoms. The zero-order valence-electron chi connectivity index (χ0n) is 10.4. The fourth-order valence-electron chi connectivity index (χ4n) is 2.75. The van der Waals surface area contributed by atoms with Gasteiger partial charge in [-0.3, -0.25) is 0 Å². The van der Waals surface area contributed by atoms with Gasteiger partial charge in [0, 0.05) is 25.7 Å². The average molecular weight is 223 g/mol. The van der Waals surface area contributed by atoms with E-state index in [0.717, 1.165) is 13.0 Å². The molecule has 0 radical (unpaired) electrons. The van der Waals surface area contributed by atoms with E-state index in [-0.39, 0.29) is 0 Å². The van der Waals surface area contributed by atoms with Crippen LogP contribution in [0.15, 0.2) is 12.2 Å². The molecule has 3 nitrogen and oxygen atoms in total. The molecule has 0 aromatic carbocycles. The predicted molar refractivity (Wildman–Crippen MR) is 68.4 cm³/mol. The zero-order valence-corrected chi connectivity index (χ0v) is 10.4. The first-order chi connectivity index (χ1) is 7.74. The van der Waals surface area contributed by atoms with Gasteiger partial charge in [0.05, 0.1) is 0 Å². The molecule has 0 spiro atoms. The summed E-state index contributed by atoms with van der Waals surface area (Å²) in [6.07, 6.45) is 8.36. The molecule has 92 valence electrons. The molecule has 1 fully saturated rings. The fraction of sp³-hybridized carbons (Fsp3) is 0.846. The zero-order chi connectivity index (χ0) is 11.4. The molecule has 2 N–H and O–H groups in total. The lowest BCUT2D eigenvalue weighted by Crippen LogP contribution is -2.34. The quantitative estimate of drug-likeness (QED) is 0.703. The van der Waals surface area contributed by atoms with Crippen molar-refractivity contribution in [2.45, 2.75) is 25.3 Å². The summed E-state index contributed by atoms with van der Waals surface area (Å²) in [6, 6.07) is 0.303. The van der Waals surface area contributed by atoms with Gasteiger partial charge >= 0.3 is 0 Å². The Morgan fingerprint density at radius 2 is 2.06 bits per heavy atom. The van der Waals surface area contributed by atoms with Gasteiger partial charge in [-0.1, -0.05) is 12.2 Å². The van der Waals surface area contributed by atoms with Crippen LogP contribution in [0.5, 0.6) is 0 Å². The van der Waals surface area contributed by atoms with Gasteiger partial charge in [0.2, 0.25) is 0 Å². The van der Waals surface area contributed by atoms with Crippen LogP contribution in [0.4, 0.5) is 0 Å². The molecule has 0 aromatic heterocycles. The van der Waals surface area contributed by atoms with Crippen molar-refractivity contribution in [3.63, 3.8) is 0 Å². The van der Waals surface area contributed by atoms with Gasteiger partial charge in [-0.15, -0.1) is 0 Å². The standard InChI is InChI=1S/C13H25N3/c1-15(8-9-16-6-2-3-7-16)11-12-4-5-13(14)10-12/h4-5,12-13H,2-3,6-11,14H2,1H3. The highest BCUT2D eigenvalue weighted by atomic mass is 15.2. The topological polar surface area (TPSA) is 32.5 Å². The summed E-state index contributed by atoms with van der Waals surface area (Å²) >= 11 is 0. The lowest BCUT2D eigenvalue weighted by Gasteiger charge is -2.23. The van der Waals surface area contributed by atoms with Crippen LogP contribution in [0.1, 0.15) is 19.3 Å². The van der Waals surface area contributed by atoms with Crippen LogP contribution in [0, 0.1) is 5.92 Å². The monoisotopic (exact) mass is 223 g/mol. The third-order valence-corrected chi connectivity index (χ3v) is 3.75. The van der Waals surface area contributed by atoms with Crippen molar-refractivity contribution in [1.82, 2.24) is 9.80 Å². The highest BCUT2D eigenvalue weighted by Gasteiger charge is 2.18. The SMILES string of the molecule is CN(CCN1CCCC1)CC1C=CC(N)C1. The molecule has 0 saturated carbocycles. The number of nitrogens with two attached hydrogens (primary N) is 1. The van der Waals surface area contributed by atoms with E-state index in [2.05, 4.69) is 29.0 Å². The van der Waals surface area contributed by atoms with Crippen LogP contribution in [-0.2, 0) is 0 Å². The van der Waals surface area contributed by atoms with E-state index in [1.165, 1.54) is 39.0 Å². The minimum Gasteiger partial charge on any atom is -0.324 e. The summed E-state index contributed by atoms with van der Waals surface area (Å²) in [5.41, 5.74) is 5.86. The van der Waals surface area contributed by atoms with E-state index < -0.39 is 0 Å². The Hall–Kier alpha value is -0.380. The number of rotatable bonds is 5. The van der Waals surface area contributed by atoms with E-state index in [1.54, 1.807) is 0 Å². The van der Waals surface area contributed by atoms with Crippen molar-refractivity contribution < 1.29 is 0 Å². The number of likely N-dealkylation sites (tertiary alicyclic amines) is 1. The van der Waals surface area contributed by atoms with E-state index >= 15 is 0 Å². The molecule has 2 rings (SSSR count). The maximum absolute atomic E-state index is 5.86. The average Bonchev–Trinajstić information content (AvgIpc) is 2.87. The largest absolute Gasteiger partial charge is 0.324 e. The second-order valence-electron chi connectivity index (χ2n) is 5.36. The van der Waals surface area contributed by atoms with Crippen LogP contribution in [0.3, 0.4) is 0 Å². The summed E-state index contributed by atoms with van der Waals surface area (Å²) in [5, 5.41) is 0. The molecule has 0 amide bonds. The third-order valence-electron chi connectivity index (χ3n) is 3.75. The van der Waals surface area contributed by atoms with Gasteiger partial charge in [0.15, 0.2) is 0 Å². The maximum atomic E-state index is 5.86.